The second-order valence-electron chi connectivity index (χ2n) is 3.61. The van der Waals surface area contributed by atoms with Crippen molar-refractivity contribution in [3.05, 3.63) is 28.7 Å². The van der Waals surface area contributed by atoms with Crippen molar-refractivity contribution in [1.29, 1.82) is 0 Å². The molecule has 0 aliphatic heterocycles. The SMILES string of the molecule is CCCc1nc2cc(C(F)(F)F)cc(Cl)n2n1. The third kappa shape index (κ3) is 2.36. The van der Waals surface area contributed by atoms with Crippen molar-refractivity contribution in [2.45, 2.75) is 25.9 Å². The Hall–Kier alpha value is -1.30. The largest absolute Gasteiger partial charge is 0.416 e. The normalized spacial score (nSPS) is 12.3. The summed E-state index contributed by atoms with van der Waals surface area (Å²) in [5.74, 6) is 0.494. The second kappa shape index (κ2) is 4.18. The van der Waals surface area contributed by atoms with Crippen molar-refractivity contribution >= 4 is 17.2 Å². The first-order chi connectivity index (χ1) is 7.91. The van der Waals surface area contributed by atoms with Crippen LogP contribution in [0.25, 0.3) is 5.65 Å². The number of pyridine rings is 1. The van der Waals surface area contributed by atoms with Crippen LogP contribution in [0.3, 0.4) is 0 Å². The average molecular weight is 264 g/mol. The number of aryl methyl sites for hydroxylation is 1. The minimum atomic E-state index is -4.43. The Kier molecular flexibility index (Phi) is 2.99. The highest BCUT2D eigenvalue weighted by Gasteiger charge is 2.31. The highest BCUT2D eigenvalue weighted by atomic mass is 35.5. The van der Waals surface area contributed by atoms with Gasteiger partial charge in [0.1, 0.15) is 5.15 Å². The first-order valence-electron chi connectivity index (χ1n) is 5.04. The van der Waals surface area contributed by atoms with Crippen LogP contribution in [0.5, 0.6) is 0 Å². The quantitative estimate of drug-likeness (QED) is 0.778. The van der Waals surface area contributed by atoms with E-state index in [2.05, 4.69) is 10.1 Å². The van der Waals surface area contributed by atoms with Crippen molar-refractivity contribution < 1.29 is 13.2 Å². The van der Waals surface area contributed by atoms with Gasteiger partial charge in [-0.05, 0) is 18.6 Å². The molecule has 92 valence electrons. The van der Waals surface area contributed by atoms with Crippen molar-refractivity contribution in [3.8, 4) is 0 Å². The Morgan fingerprint density at radius 2 is 2.06 bits per heavy atom. The fraction of sp³-hybridized carbons (Fsp3) is 0.400. The van der Waals surface area contributed by atoms with Crippen LogP contribution in [0, 0.1) is 0 Å². The summed E-state index contributed by atoms with van der Waals surface area (Å²) in [5.41, 5.74) is -0.696. The number of alkyl halides is 3. The second-order valence-corrected chi connectivity index (χ2v) is 4.00. The zero-order valence-electron chi connectivity index (χ0n) is 8.92. The summed E-state index contributed by atoms with van der Waals surface area (Å²) in [5, 5.41) is 3.94. The third-order valence-corrected chi connectivity index (χ3v) is 2.51. The maximum Gasteiger partial charge on any atom is 0.416 e. The lowest BCUT2D eigenvalue weighted by atomic mass is 10.2. The van der Waals surface area contributed by atoms with E-state index in [0.717, 1.165) is 18.6 Å². The number of aromatic nitrogens is 3. The lowest BCUT2D eigenvalue weighted by Gasteiger charge is -2.06. The molecule has 0 fully saturated rings. The number of fused-ring (bicyclic) bond motifs is 1. The summed E-state index contributed by atoms with van der Waals surface area (Å²) in [4.78, 5) is 4.00. The summed E-state index contributed by atoms with van der Waals surface area (Å²) in [6, 6.07) is 1.79. The van der Waals surface area contributed by atoms with E-state index in [0.29, 0.717) is 12.2 Å². The van der Waals surface area contributed by atoms with Crippen LogP contribution >= 0.6 is 11.6 Å². The molecule has 0 atom stereocenters. The van der Waals surface area contributed by atoms with Gasteiger partial charge in [-0.2, -0.15) is 13.2 Å². The number of hydrogen-bond donors (Lipinski definition) is 0. The molecular weight excluding hydrogens is 255 g/mol. The van der Waals surface area contributed by atoms with Gasteiger partial charge in [-0.25, -0.2) is 9.50 Å². The molecule has 0 radical (unpaired) electrons. The molecule has 0 saturated heterocycles. The Morgan fingerprint density at radius 1 is 1.35 bits per heavy atom. The summed E-state index contributed by atoms with van der Waals surface area (Å²) < 4.78 is 38.8. The Morgan fingerprint density at radius 3 is 2.65 bits per heavy atom. The molecule has 0 unspecified atom stereocenters. The van der Waals surface area contributed by atoms with Crippen molar-refractivity contribution in [2.75, 3.05) is 0 Å². The van der Waals surface area contributed by atoms with Crippen molar-refractivity contribution in [2.24, 2.45) is 0 Å². The van der Waals surface area contributed by atoms with E-state index in [9.17, 15) is 13.2 Å². The lowest BCUT2D eigenvalue weighted by molar-refractivity contribution is -0.137. The van der Waals surface area contributed by atoms with E-state index in [-0.39, 0.29) is 10.8 Å². The summed E-state index contributed by atoms with van der Waals surface area (Å²) in [6.45, 7) is 1.94. The van der Waals surface area contributed by atoms with E-state index in [1.54, 1.807) is 0 Å². The van der Waals surface area contributed by atoms with Crippen LogP contribution in [-0.2, 0) is 12.6 Å². The zero-order valence-corrected chi connectivity index (χ0v) is 9.68. The van der Waals surface area contributed by atoms with Gasteiger partial charge < -0.3 is 0 Å². The molecule has 0 N–H and O–H groups in total. The van der Waals surface area contributed by atoms with Gasteiger partial charge in [-0.1, -0.05) is 18.5 Å². The van der Waals surface area contributed by atoms with Gasteiger partial charge in [-0.15, -0.1) is 5.10 Å². The number of rotatable bonds is 2. The molecule has 0 aromatic carbocycles. The smallest absolute Gasteiger partial charge is 0.212 e. The van der Waals surface area contributed by atoms with E-state index in [4.69, 9.17) is 11.6 Å². The van der Waals surface area contributed by atoms with Gasteiger partial charge in [0.2, 0.25) is 0 Å². The first kappa shape index (κ1) is 12.2. The minimum absolute atomic E-state index is 0.0929. The molecule has 7 heteroatoms. The van der Waals surface area contributed by atoms with Gasteiger partial charge in [0.05, 0.1) is 5.56 Å². The fourth-order valence-electron chi connectivity index (χ4n) is 1.48. The molecule has 0 bridgehead atoms. The topological polar surface area (TPSA) is 30.2 Å². The molecule has 0 amide bonds. The number of hydrogen-bond acceptors (Lipinski definition) is 2. The van der Waals surface area contributed by atoms with Gasteiger partial charge in [0.15, 0.2) is 11.5 Å². The van der Waals surface area contributed by atoms with Gasteiger partial charge in [-0.3, -0.25) is 0 Å². The van der Waals surface area contributed by atoms with Gasteiger partial charge in [0, 0.05) is 6.42 Å². The van der Waals surface area contributed by atoms with Crippen LogP contribution in [0.4, 0.5) is 13.2 Å². The van der Waals surface area contributed by atoms with E-state index >= 15 is 0 Å². The molecule has 2 aromatic heterocycles. The van der Waals surface area contributed by atoms with E-state index in [1.165, 1.54) is 4.52 Å². The lowest BCUT2D eigenvalue weighted by Crippen LogP contribution is -2.06. The number of nitrogens with zero attached hydrogens (tertiary/aromatic N) is 3. The van der Waals surface area contributed by atoms with E-state index in [1.807, 2.05) is 6.92 Å². The molecule has 2 aromatic rings. The van der Waals surface area contributed by atoms with Crippen LogP contribution in [0.15, 0.2) is 12.1 Å². The van der Waals surface area contributed by atoms with Crippen molar-refractivity contribution in [1.82, 2.24) is 14.6 Å². The molecule has 0 aliphatic carbocycles. The minimum Gasteiger partial charge on any atom is -0.212 e. The highest BCUT2D eigenvalue weighted by Crippen LogP contribution is 2.31. The third-order valence-electron chi connectivity index (χ3n) is 2.24. The standard InChI is InChI=1S/C10H9ClF3N3/c1-2-3-8-15-9-5-6(10(12,13)14)4-7(11)17(9)16-8/h4-5H,2-3H2,1H3. The van der Waals surface area contributed by atoms with E-state index < -0.39 is 11.7 Å². The van der Waals surface area contributed by atoms with Crippen molar-refractivity contribution in [3.63, 3.8) is 0 Å². The summed E-state index contributed by atoms with van der Waals surface area (Å²) in [6.07, 6.45) is -3.00. The Bertz CT molecular complexity index is 547. The molecule has 0 saturated carbocycles. The Labute approximate surface area is 100 Å². The van der Waals surface area contributed by atoms with Gasteiger partial charge >= 0.3 is 6.18 Å². The monoisotopic (exact) mass is 263 g/mol. The Balaban J connectivity index is 2.57. The van der Waals surface area contributed by atoms with Crippen LogP contribution in [-0.4, -0.2) is 14.6 Å². The van der Waals surface area contributed by atoms with Gasteiger partial charge in [0.25, 0.3) is 0 Å². The molecule has 0 spiro atoms. The maximum absolute atomic E-state index is 12.5. The highest BCUT2D eigenvalue weighted by molar-refractivity contribution is 6.29. The van der Waals surface area contributed by atoms with Crippen LogP contribution < -0.4 is 0 Å². The summed E-state index contributed by atoms with van der Waals surface area (Å²) >= 11 is 5.74. The molecular formula is C10H9ClF3N3. The number of halogens is 4. The molecule has 2 heterocycles. The molecule has 17 heavy (non-hydrogen) atoms. The fourth-order valence-corrected chi connectivity index (χ4v) is 1.72. The average Bonchev–Trinajstić information content (AvgIpc) is 2.60. The summed E-state index contributed by atoms with van der Waals surface area (Å²) in [7, 11) is 0. The molecule has 2 rings (SSSR count). The predicted molar refractivity (Wildman–Crippen MR) is 57.0 cm³/mol. The first-order valence-corrected chi connectivity index (χ1v) is 5.42. The molecule has 3 nitrogen and oxygen atoms in total. The predicted octanol–water partition coefficient (Wildman–Crippen LogP) is 3.35. The maximum atomic E-state index is 12.5. The van der Waals surface area contributed by atoms with Crippen LogP contribution in [0.2, 0.25) is 5.15 Å². The molecule has 0 aliphatic rings. The zero-order chi connectivity index (χ0) is 12.6. The van der Waals surface area contributed by atoms with Crippen LogP contribution in [0.1, 0.15) is 24.7 Å².